The van der Waals surface area contributed by atoms with Crippen LogP contribution in [0.2, 0.25) is 0 Å². The molecule has 0 aromatic carbocycles. The number of hydrogen-bond acceptors (Lipinski definition) is 4. The molecule has 0 aliphatic heterocycles. The van der Waals surface area contributed by atoms with Gasteiger partial charge in [-0.15, -0.1) is 0 Å². The molecule has 4 nitrogen and oxygen atoms in total. The van der Waals surface area contributed by atoms with Crippen molar-refractivity contribution in [2.75, 3.05) is 0 Å². The van der Waals surface area contributed by atoms with Gasteiger partial charge in [-0.2, -0.15) is 5.90 Å². The van der Waals surface area contributed by atoms with Crippen molar-refractivity contribution in [3.05, 3.63) is 11.8 Å². The Labute approximate surface area is 46.5 Å². The first-order chi connectivity index (χ1) is 3.72. The van der Waals surface area contributed by atoms with Crippen LogP contribution in [0, 0.1) is 0 Å². The first-order valence-corrected chi connectivity index (χ1v) is 1.94. The smallest absolute Gasteiger partial charge is 0.355 e. The molecule has 0 spiro atoms. The van der Waals surface area contributed by atoms with E-state index in [0.717, 1.165) is 0 Å². The highest BCUT2D eigenvalue weighted by molar-refractivity contribution is 5.86. The molecule has 0 unspecified atom stereocenters. The number of hydrogen-bond donors (Lipinski definition) is 2. The first-order valence-electron chi connectivity index (χ1n) is 1.94. The topological polar surface area (TPSA) is 72.5 Å². The number of carbonyl (C=O) groups is 1. The standard InChI is InChI=1S/C4H7NO3/c1-3(2-6)4(7)8-5/h2,6H,5H2,1H3/b3-2+. The van der Waals surface area contributed by atoms with Crippen LogP contribution in [-0.2, 0) is 9.63 Å². The van der Waals surface area contributed by atoms with Crippen LogP contribution in [0.4, 0.5) is 0 Å². The van der Waals surface area contributed by atoms with Gasteiger partial charge in [0.1, 0.15) is 0 Å². The van der Waals surface area contributed by atoms with E-state index in [0.29, 0.717) is 6.26 Å². The molecule has 0 rings (SSSR count). The van der Waals surface area contributed by atoms with Gasteiger partial charge in [0, 0.05) is 0 Å². The lowest BCUT2D eigenvalue weighted by atomic mass is 10.4. The Morgan fingerprint density at radius 2 is 2.38 bits per heavy atom. The van der Waals surface area contributed by atoms with Crippen molar-refractivity contribution < 1.29 is 14.7 Å². The molecule has 0 radical (unpaired) electrons. The molecule has 0 saturated heterocycles. The van der Waals surface area contributed by atoms with Crippen molar-refractivity contribution in [2.24, 2.45) is 5.90 Å². The van der Waals surface area contributed by atoms with E-state index < -0.39 is 5.97 Å². The van der Waals surface area contributed by atoms with Crippen LogP contribution < -0.4 is 5.90 Å². The van der Waals surface area contributed by atoms with Crippen LogP contribution in [-0.4, -0.2) is 11.1 Å². The van der Waals surface area contributed by atoms with Gasteiger partial charge in [0.15, 0.2) is 0 Å². The summed E-state index contributed by atoms with van der Waals surface area (Å²) in [5, 5.41) is 8.12. The zero-order chi connectivity index (χ0) is 6.57. The lowest BCUT2D eigenvalue weighted by Gasteiger charge is -1.91. The molecule has 0 fully saturated rings. The summed E-state index contributed by atoms with van der Waals surface area (Å²) in [4.78, 5) is 13.9. The second-order valence-electron chi connectivity index (χ2n) is 1.22. The molecule has 0 bridgehead atoms. The number of carbonyl (C=O) groups excluding carboxylic acids is 1. The Bertz CT molecular complexity index is 118. The number of aliphatic hydroxyl groups excluding tert-OH is 1. The summed E-state index contributed by atoms with van der Waals surface area (Å²) in [5.41, 5.74) is 0.0764. The third-order valence-corrected chi connectivity index (χ3v) is 0.623. The zero-order valence-electron chi connectivity index (χ0n) is 4.42. The van der Waals surface area contributed by atoms with E-state index >= 15 is 0 Å². The molecular weight excluding hydrogens is 110 g/mol. The van der Waals surface area contributed by atoms with Crippen molar-refractivity contribution >= 4 is 5.97 Å². The Hall–Kier alpha value is -1.03. The molecule has 3 N–H and O–H groups in total. The highest BCUT2D eigenvalue weighted by Gasteiger charge is 2.00. The molecule has 0 aliphatic carbocycles. The van der Waals surface area contributed by atoms with Gasteiger partial charge < -0.3 is 9.94 Å². The van der Waals surface area contributed by atoms with Gasteiger partial charge in [0.2, 0.25) is 0 Å². The fourth-order valence-electron chi connectivity index (χ4n) is 0.146. The number of aliphatic hydroxyl groups is 1. The summed E-state index contributed by atoms with van der Waals surface area (Å²) in [6.07, 6.45) is 0.634. The number of rotatable bonds is 1. The van der Waals surface area contributed by atoms with Crippen molar-refractivity contribution in [2.45, 2.75) is 6.92 Å². The third kappa shape index (κ3) is 1.61. The van der Waals surface area contributed by atoms with E-state index in [1.807, 2.05) is 0 Å². The minimum Gasteiger partial charge on any atom is -0.515 e. The van der Waals surface area contributed by atoms with E-state index in [2.05, 4.69) is 10.7 Å². The van der Waals surface area contributed by atoms with Crippen molar-refractivity contribution in [1.29, 1.82) is 0 Å². The molecule has 0 aromatic rings. The third-order valence-electron chi connectivity index (χ3n) is 0.623. The largest absolute Gasteiger partial charge is 0.515 e. The van der Waals surface area contributed by atoms with E-state index in [-0.39, 0.29) is 5.57 Å². The maximum Gasteiger partial charge on any atom is 0.355 e. The zero-order valence-corrected chi connectivity index (χ0v) is 4.42. The van der Waals surface area contributed by atoms with Crippen LogP contribution in [0.25, 0.3) is 0 Å². The molecule has 0 atom stereocenters. The highest BCUT2D eigenvalue weighted by atomic mass is 16.7. The highest BCUT2D eigenvalue weighted by Crippen LogP contribution is 1.89. The molecule has 0 saturated carbocycles. The fraction of sp³-hybridized carbons (Fsp3) is 0.250. The summed E-state index contributed by atoms with van der Waals surface area (Å²) in [7, 11) is 0. The average molecular weight is 117 g/mol. The maximum atomic E-state index is 10.2. The Morgan fingerprint density at radius 3 is 2.50 bits per heavy atom. The molecular formula is C4H7NO3. The lowest BCUT2D eigenvalue weighted by molar-refractivity contribution is -0.139. The lowest BCUT2D eigenvalue weighted by Crippen LogP contribution is -2.10. The monoisotopic (exact) mass is 117 g/mol. The molecule has 8 heavy (non-hydrogen) atoms. The minimum atomic E-state index is -0.729. The van der Waals surface area contributed by atoms with E-state index in [1.54, 1.807) is 0 Å². The molecule has 0 aromatic heterocycles. The van der Waals surface area contributed by atoms with Crippen LogP contribution >= 0.6 is 0 Å². The molecule has 46 valence electrons. The SMILES string of the molecule is C/C(=C\O)C(=O)ON. The second-order valence-corrected chi connectivity index (χ2v) is 1.22. The molecule has 0 amide bonds. The summed E-state index contributed by atoms with van der Waals surface area (Å²) < 4.78 is 0. The maximum absolute atomic E-state index is 10.2. The van der Waals surface area contributed by atoms with Gasteiger partial charge in [-0.1, -0.05) is 0 Å². The molecule has 0 heterocycles. The summed E-state index contributed by atoms with van der Waals surface area (Å²) >= 11 is 0. The Balaban J connectivity index is 3.83. The summed E-state index contributed by atoms with van der Waals surface area (Å²) in [5.74, 6) is 3.72. The normalized spacial score (nSPS) is 11.0. The van der Waals surface area contributed by atoms with Gasteiger partial charge in [0.25, 0.3) is 0 Å². The van der Waals surface area contributed by atoms with E-state index in [1.165, 1.54) is 6.92 Å². The summed E-state index contributed by atoms with van der Waals surface area (Å²) in [6, 6.07) is 0. The predicted octanol–water partition coefficient (Wildman–Crippen LogP) is -0.135. The fourth-order valence-corrected chi connectivity index (χ4v) is 0.146. The number of nitrogens with two attached hydrogens (primary N) is 1. The average Bonchev–Trinajstić information content (AvgIpc) is 1.84. The van der Waals surface area contributed by atoms with Crippen molar-refractivity contribution in [3.8, 4) is 0 Å². The summed E-state index contributed by atoms with van der Waals surface area (Å²) in [6.45, 7) is 1.38. The van der Waals surface area contributed by atoms with Crippen LogP contribution in [0.1, 0.15) is 6.92 Å². The van der Waals surface area contributed by atoms with Gasteiger partial charge in [-0.05, 0) is 6.92 Å². The minimum absolute atomic E-state index is 0.0764. The van der Waals surface area contributed by atoms with Crippen molar-refractivity contribution in [3.63, 3.8) is 0 Å². The van der Waals surface area contributed by atoms with Gasteiger partial charge in [-0.3, -0.25) is 0 Å². The Kier molecular flexibility index (Phi) is 2.64. The second kappa shape index (κ2) is 3.04. The van der Waals surface area contributed by atoms with Gasteiger partial charge in [-0.25, -0.2) is 4.79 Å². The molecule has 4 heteroatoms. The van der Waals surface area contributed by atoms with Crippen LogP contribution in [0.3, 0.4) is 0 Å². The van der Waals surface area contributed by atoms with E-state index in [4.69, 9.17) is 5.11 Å². The van der Waals surface area contributed by atoms with E-state index in [9.17, 15) is 4.79 Å². The van der Waals surface area contributed by atoms with Crippen molar-refractivity contribution in [1.82, 2.24) is 0 Å². The predicted molar refractivity (Wildman–Crippen MR) is 26.7 cm³/mol. The van der Waals surface area contributed by atoms with Gasteiger partial charge >= 0.3 is 5.97 Å². The Morgan fingerprint density at radius 1 is 1.88 bits per heavy atom. The van der Waals surface area contributed by atoms with Crippen LogP contribution in [0.15, 0.2) is 11.8 Å². The van der Waals surface area contributed by atoms with Crippen LogP contribution in [0.5, 0.6) is 0 Å². The quantitative estimate of drug-likeness (QED) is 0.285. The first kappa shape index (κ1) is 6.97. The van der Waals surface area contributed by atoms with Gasteiger partial charge in [0.05, 0.1) is 11.8 Å². The molecule has 0 aliphatic rings.